The number of β-amino-alcohol motifs (C(OH)–C–C–N with tert-alkyl or cyclic N) is 1. The highest BCUT2D eigenvalue weighted by Crippen LogP contribution is 2.18. The molecule has 108 valence electrons. The Morgan fingerprint density at radius 3 is 2.90 bits per heavy atom. The molecule has 0 aliphatic carbocycles. The Morgan fingerprint density at radius 2 is 2.30 bits per heavy atom. The average molecular weight is 280 g/mol. The fraction of sp³-hybridized carbons (Fsp3) is 0.417. The van der Waals surface area contributed by atoms with E-state index in [1.807, 2.05) is 0 Å². The number of methoxy groups -OCH3 is 2. The van der Waals surface area contributed by atoms with E-state index in [4.69, 9.17) is 4.74 Å². The van der Waals surface area contributed by atoms with E-state index < -0.39 is 12.1 Å². The van der Waals surface area contributed by atoms with Gasteiger partial charge in [-0.3, -0.25) is 4.99 Å². The van der Waals surface area contributed by atoms with Gasteiger partial charge in [-0.2, -0.15) is 0 Å². The number of nitrogens with zero attached hydrogens (tertiary/aromatic N) is 2. The normalized spacial score (nSPS) is 17.8. The molecule has 2 heterocycles. The maximum absolute atomic E-state index is 11.5. The number of rotatable bonds is 3. The minimum absolute atomic E-state index is 0.130. The van der Waals surface area contributed by atoms with Gasteiger partial charge >= 0.3 is 5.97 Å². The lowest BCUT2D eigenvalue weighted by atomic mass is 10.3. The number of aliphatic imine (C=N–C) groups is 1. The number of aliphatic hydroxyl groups is 1. The first-order valence-corrected chi connectivity index (χ1v) is 6.00. The number of aliphatic hydroxyl groups excluding tert-OH is 1. The molecule has 1 unspecified atom stereocenters. The van der Waals surface area contributed by atoms with Gasteiger partial charge in [0.1, 0.15) is 11.6 Å². The number of hydrogen-bond acceptors (Lipinski definition) is 8. The van der Waals surface area contributed by atoms with Crippen LogP contribution in [0.1, 0.15) is 10.5 Å². The fourth-order valence-electron chi connectivity index (χ4n) is 1.63. The van der Waals surface area contributed by atoms with Crippen LogP contribution in [0.15, 0.2) is 17.1 Å². The lowest BCUT2D eigenvalue weighted by Crippen LogP contribution is -2.42. The highest BCUT2D eigenvalue weighted by molar-refractivity contribution is 5.94. The summed E-state index contributed by atoms with van der Waals surface area (Å²) in [7, 11) is 2.78. The first-order chi connectivity index (χ1) is 9.62. The first kappa shape index (κ1) is 14.1. The molecule has 1 aromatic heterocycles. The molecule has 0 saturated heterocycles. The largest absolute Gasteiger partial charge is 0.497 e. The van der Waals surface area contributed by atoms with Crippen LogP contribution in [-0.4, -0.2) is 55.4 Å². The minimum atomic E-state index is -0.555. The van der Waals surface area contributed by atoms with E-state index in [1.54, 1.807) is 6.07 Å². The number of ether oxygens (including phenoxy) is 2. The minimum Gasteiger partial charge on any atom is -0.497 e. The van der Waals surface area contributed by atoms with E-state index in [9.17, 15) is 9.90 Å². The lowest BCUT2D eigenvalue weighted by molar-refractivity contribution is 0.0593. The summed E-state index contributed by atoms with van der Waals surface area (Å²) in [5.41, 5.74) is 0.130. The molecular weight excluding hydrogens is 264 g/mol. The van der Waals surface area contributed by atoms with Gasteiger partial charge in [0.2, 0.25) is 0 Å². The van der Waals surface area contributed by atoms with E-state index in [0.29, 0.717) is 30.6 Å². The van der Waals surface area contributed by atoms with Crippen molar-refractivity contribution in [2.45, 2.75) is 6.10 Å². The molecule has 20 heavy (non-hydrogen) atoms. The maximum atomic E-state index is 11.5. The quantitative estimate of drug-likeness (QED) is 0.647. The Morgan fingerprint density at radius 1 is 1.50 bits per heavy atom. The zero-order chi connectivity index (χ0) is 14.5. The number of esters is 1. The van der Waals surface area contributed by atoms with E-state index in [-0.39, 0.29) is 5.69 Å². The topological polar surface area (TPSA) is 105 Å². The molecule has 3 N–H and O–H groups in total. The van der Waals surface area contributed by atoms with Gasteiger partial charge in [0, 0.05) is 18.7 Å². The Balaban J connectivity index is 2.20. The Kier molecular flexibility index (Phi) is 4.36. The molecular formula is C12H16N4O4. The van der Waals surface area contributed by atoms with Crippen LogP contribution < -0.4 is 15.4 Å². The molecule has 2 rings (SSSR count). The van der Waals surface area contributed by atoms with Gasteiger partial charge in [0.15, 0.2) is 11.7 Å². The molecule has 1 aromatic rings. The van der Waals surface area contributed by atoms with Gasteiger partial charge in [-0.05, 0) is 0 Å². The number of carbonyl (C=O) groups is 1. The number of pyridine rings is 1. The molecule has 1 atom stereocenters. The number of aromatic nitrogens is 1. The summed E-state index contributed by atoms with van der Waals surface area (Å²) in [5.74, 6) is 0.791. The van der Waals surface area contributed by atoms with Crippen LogP contribution in [0.5, 0.6) is 5.75 Å². The third kappa shape index (κ3) is 3.35. The van der Waals surface area contributed by atoms with Gasteiger partial charge in [-0.15, -0.1) is 0 Å². The molecule has 8 nitrogen and oxygen atoms in total. The smallest absolute Gasteiger partial charge is 0.356 e. The molecule has 0 bridgehead atoms. The van der Waals surface area contributed by atoms with Gasteiger partial charge < -0.3 is 25.2 Å². The third-order valence-electron chi connectivity index (χ3n) is 2.64. The summed E-state index contributed by atoms with van der Waals surface area (Å²) >= 11 is 0. The van der Waals surface area contributed by atoms with E-state index in [1.165, 1.54) is 20.3 Å². The second kappa shape index (κ2) is 6.20. The monoisotopic (exact) mass is 280 g/mol. The number of guanidine groups is 1. The van der Waals surface area contributed by atoms with Crippen molar-refractivity contribution in [1.82, 2.24) is 10.3 Å². The predicted octanol–water partition coefficient (Wildman–Crippen LogP) is -0.391. The zero-order valence-corrected chi connectivity index (χ0v) is 11.2. The summed E-state index contributed by atoms with van der Waals surface area (Å²) in [6.07, 6.45) is -0.496. The van der Waals surface area contributed by atoms with Crippen molar-refractivity contribution >= 4 is 17.7 Å². The van der Waals surface area contributed by atoms with Gasteiger partial charge in [-0.25, -0.2) is 9.78 Å². The molecule has 0 spiro atoms. The second-order valence-corrected chi connectivity index (χ2v) is 4.12. The maximum Gasteiger partial charge on any atom is 0.356 e. The van der Waals surface area contributed by atoms with Gasteiger partial charge in [0.25, 0.3) is 0 Å². The molecule has 0 aromatic carbocycles. The van der Waals surface area contributed by atoms with Crippen LogP contribution >= 0.6 is 0 Å². The average Bonchev–Trinajstić information content (AvgIpc) is 2.48. The van der Waals surface area contributed by atoms with Crippen LogP contribution in [0, 0.1) is 0 Å². The van der Waals surface area contributed by atoms with Gasteiger partial charge in [-0.1, -0.05) is 0 Å². The van der Waals surface area contributed by atoms with Crippen molar-refractivity contribution in [3.8, 4) is 5.75 Å². The third-order valence-corrected chi connectivity index (χ3v) is 2.64. The molecule has 0 radical (unpaired) electrons. The summed E-state index contributed by atoms with van der Waals surface area (Å²) in [5, 5.41) is 15.2. The molecule has 0 saturated carbocycles. The van der Waals surface area contributed by atoms with Crippen molar-refractivity contribution in [1.29, 1.82) is 0 Å². The summed E-state index contributed by atoms with van der Waals surface area (Å²) in [6.45, 7) is 0.711. The van der Waals surface area contributed by atoms with Crippen molar-refractivity contribution in [3.63, 3.8) is 0 Å². The highest BCUT2D eigenvalue weighted by atomic mass is 16.5. The number of anilines is 1. The van der Waals surface area contributed by atoms with Crippen molar-refractivity contribution < 1.29 is 19.4 Å². The van der Waals surface area contributed by atoms with Crippen LogP contribution in [0.25, 0.3) is 0 Å². The summed E-state index contributed by atoms with van der Waals surface area (Å²) in [6, 6.07) is 3.11. The summed E-state index contributed by atoms with van der Waals surface area (Å²) < 4.78 is 9.74. The van der Waals surface area contributed by atoms with Crippen molar-refractivity contribution in [3.05, 3.63) is 17.8 Å². The van der Waals surface area contributed by atoms with E-state index in [2.05, 4.69) is 25.3 Å². The van der Waals surface area contributed by atoms with Gasteiger partial charge in [0.05, 0.1) is 26.9 Å². The molecule has 0 amide bonds. The van der Waals surface area contributed by atoms with E-state index >= 15 is 0 Å². The molecule has 0 fully saturated rings. The standard InChI is InChI=1S/C12H16N4O4/c1-19-8-3-9(11(18)20-2)15-10(4-8)16-12-13-5-7(17)6-14-12/h3-4,7,17H,5-6H2,1-2H3,(H2,13,14,15,16). The Bertz CT molecular complexity index is 532. The fourth-order valence-corrected chi connectivity index (χ4v) is 1.63. The van der Waals surface area contributed by atoms with Crippen molar-refractivity contribution in [2.24, 2.45) is 4.99 Å². The van der Waals surface area contributed by atoms with E-state index in [0.717, 1.165) is 0 Å². The molecule has 1 aliphatic heterocycles. The first-order valence-electron chi connectivity index (χ1n) is 6.00. The SMILES string of the molecule is COC(=O)c1cc(OC)cc(NC2=NCC(O)CN2)n1. The zero-order valence-electron chi connectivity index (χ0n) is 11.2. The second-order valence-electron chi connectivity index (χ2n) is 4.12. The van der Waals surface area contributed by atoms with Crippen LogP contribution in [0.4, 0.5) is 5.82 Å². The number of nitrogens with one attached hydrogen (secondary N) is 2. The van der Waals surface area contributed by atoms with Crippen LogP contribution in [0.2, 0.25) is 0 Å². The van der Waals surface area contributed by atoms with Crippen molar-refractivity contribution in [2.75, 3.05) is 32.6 Å². The Hall–Kier alpha value is -2.35. The Labute approximate surface area is 115 Å². The molecule has 8 heteroatoms. The summed E-state index contributed by atoms with van der Waals surface area (Å²) in [4.78, 5) is 19.7. The van der Waals surface area contributed by atoms with Crippen LogP contribution in [0.3, 0.4) is 0 Å². The predicted molar refractivity (Wildman–Crippen MR) is 72.1 cm³/mol. The number of carbonyl (C=O) groups excluding carboxylic acids is 1. The lowest BCUT2D eigenvalue weighted by Gasteiger charge is -2.19. The van der Waals surface area contributed by atoms with Crippen LogP contribution in [-0.2, 0) is 4.74 Å². The highest BCUT2D eigenvalue weighted by Gasteiger charge is 2.15. The molecule has 1 aliphatic rings. The number of hydrogen-bond donors (Lipinski definition) is 3.